The van der Waals surface area contributed by atoms with Crippen LogP contribution >= 0.6 is 11.3 Å². The molecule has 2 aromatic rings. The van der Waals surface area contributed by atoms with Crippen molar-refractivity contribution in [3.8, 4) is 0 Å². The zero-order valence-corrected chi connectivity index (χ0v) is 13.5. The number of aromatic nitrogens is 1. The van der Waals surface area contributed by atoms with Crippen LogP contribution in [0.3, 0.4) is 0 Å². The first kappa shape index (κ1) is 15.5. The van der Waals surface area contributed by atoms with Gasteiger partial charge in [0.2, 0.25) is 0 Å². The molecule has 0 radical (unpaired) electrons. The molecule has 5 heteroatoms. The molecular weight excluding hydrogens is 282 g/mol. The smallest absolute Gasteiger partial charge is 0.251 e. The van der Waals surface area contributed by atoms with Gasteiger partial charge < -0.3 is 10.6 Å². The van der Waals surface area contributed by atoms with E-state index in [1.165, 1.54) is 10.4 Å². The predicted molar refractivity (Wildman–Crippen MR) is 88.0 cm³/mol. The lowest BCUT2D eigenvalue weighted by atomic mass is 10.2. The lowest BCUT2D eigenvalue weighted by Gasteiger charge is -2.09. The summed E-state index contributed by atoms with van der Waals surface area (Å²) in [5.41, 5.74) is 2.71. The van der Waals surface area contributed by atoms with Crippen molar-refractivity contribution in [2.45, 2.75) is 33.7 Å². The number of amides is 1. The van der Waals surface area contributed by atoms with Crippen molar-refractivity contribution in [1.29, 1.82) is 0 Å². The van der Waals surface area contributed by atoms with Crippen LogP contribution in [0.2, 0.25) is 0 Å². The average Bonchev–Trinajstić information content (AvgIpc) is 2.87. The molecule has 0 aliphatic rings. The van der Waals surface area contributed by atoms with Crippen LogP contribution in [0.25, 0.3) is 0 Å². The van der Waals surface area contributed by atoms with E-state index in [-0.39, 0.29) is 5.91 Å². The van der Waals surface area contributed by atoms with E-state index in [1.807, 2.05) is 18.4 Å². The quantitative estimate of drug-likeness (QED) is 0.858. The number of nitrogens with zero attached hydrogens (tertiary/aromatic N) is 1. The summed E-state index contributed by atoms with van der Waals surface area (Å²) in [5, 5.41) is 8.23. The van der Waals surface area contributed by atoms with Gasteiger partial charge in [0.1, 0.15) is 5.82 Å². The number of aryl methyl sites for hydroxylation is 2. The van der Waals surface area contributed by atoms with Gasteiger partial charge >= 0.3 is 0 Å². The largest absolute Gasteiger partial charge is 0.370 e. The third kappa shape index (κ3) is 4.29. The van der Waals surface area contributed by atoms with Gasteiger partial charge in [-0.1, -0.05) is 6.92 Å². The SMILES string of the molecule is CCCNc1cc(C(=O)NCc2sccc2C)cc(C)n1. The van der Waals surface area contributed by atoms with Gasteiger partial charge in [-0.15, -0.1) is 11.3 Å². The Labute approximate surface area is 129 Å². The summed E-state index contributed by atoms with van der Waals surface area (Å²) in [7, 11) is 0. The van der Waals surface area contributed by atoms with Crippen molar-refractivity contribution < 1.29 is 4.79 Å². The Kier molecular flexibility index (Phi) is 5.33. The van der Waals surface area contributed by atoms with E-state index in [9.17, 15) is 4.79 Å². The number of anilines is 1. The summed E-state index contributed by atoms with van der Waals surface area (Å²) < 4.78 is 0. The van der Waals surface area contributed by atoms with Gasteiger partial charge in [-0.25, -0.2) is 4.98 Å². The zero-order valence-electron chi connectivity index (χ0n) is 12.7. The van der Waals surface area contributed by atoms with Crippen LogP contribution in [0, 0.1) is 13.8 Å². The average molecular weight is 303 g/mol. The van der Waals surface area contributed by atoms with Crippen molar-refractivity contribution in [3.63, 3.8) is 0 Å². The summed E-state index contributed by atoms with van der Waals surface area (Å²) in [6.07, 6.45) is 1.02. The maximum absolute atomic E-state index is 12.3. The van der Waals surface area contributed by atoms with Crippen molar-refractivity contribution in [3.05, 3.63) is 45.3 Å². The van der Waals surface area contributed by atoms with E-state index in [0.717, 1.165) is 24.5 Å². The molecule has 112 valence electrons. The van der Waals surface area contributed by atoms with Crippen molar-refractivity contribution in [1.82, 2.24) is 10.3 Å². The predicted octanol–water partition coefficient (Wildman–Crippen LogP) is 3.51. The molecule has 0 fully saturated rings. The second-order valence-corrected chi connectivity index (χ2v) is 6.02. The lowest BCUT2D eigenvalue weighted by Crippen LogP contribution is -2.23. The molecule has 4 nitrogen and oxygen atoms in total. The molecule has 0 saturated heterocycles. The second-order valence-electron chi connectivity index (χ2n) is 5.02. The van der Waals surface area contributed by atoms with Crippen LogP contribution in [0.4, 0.5) is 5.82 Å². The molecule has 0 saturated carbocycles. The van der Waals surface area contributed by atoms with E-state index in [1.54, 1.807) is 17.4 Å². The molecule has 0 bridgehead atoms. The highest BCUT2D eigenvalue weighted by atomic mass is 32.1. The summed E-state index contributed by atoms with van der Waals surface area (Å²) >= 11 is 1.66. The van der Waals surface area contributed by atoms with Gasteiger partial charge in [0, 0.05) is 22.7 Å². The molecule has 0 spiro atoms. The van der Waals surface area contributed by atoms with Crippen molar-refractivity contribution in [2.24, 2.45) is 0 Å². The minimum absolute atomic E-state index is 0.0622. The number of hydrogen-bond donors (Lipinski definition) is 2. The van der Waals surface area contributed by atoms with Crippen LogP contribution in [-0.2, 0) is 6.54 Å². The number of nitrogens with one attached hydrogen (secondary N) is 2. The molecule has 2 rings (SSSR count). The highest BCUT2D eigenvalue weighted by molar-refractivity contribution is 7.10. The summed E-state index contributed by atoms with van der Waals surface area (Å²) in [6, 6.07) is 5.68. The molecule has 2 heterocycles. The molecule has 0 aliphatic heterocycles. The topological polar surface area (TPSA) is 54.0 Å². The fourth-order valence-corrected chi connectivity index (χ4v) is 2.84. The Balaban J connectivity index is 2.04. The summed E-state index contributed by atoms with van der Waals surface area (Å²) in [4.78, 5) is 17.8. The van der Waals surface area contributed by atoms with Crippen LogP contribution in [0.15, 0.2) is 23.6 Å². The minimum Gasteiger partial charge on any atom is -0.370 e. The maximum Gasteiger partial charge on any atom is 0.251 e. The van der Waals surface area contributed by atoms with Gasteiger partial charge in [-0.2, -0.15) is 0 Å². The van der Waals surface area contributed by atoms with E-state index in [0.29, 0.717) is 12.1 Å². The summed E-state index contributed by atoms with van der Waals surface area (Å²) in [6.45, 7) is 7.48. The monoisotopic (exact) mass is 303 g/mol. The molecule has 2 N–H and O–H groups in total. The van der Waals surface area contributed by atoms with Gasteiger partial charge in [0.25, 0.3) is 5.91 Å². The first-order valence-corrected chi connectivity index (χ1v) is 8.02. The number of carbonyl (C=O) groups is 1. The van der Waals surface area contributed by atoms with Crippen LogP contribution in [-0.4, -0.2) is 17.4 Å². The molecule has 21 heavy (non-hydrogen) atoms. The normalized spacial score (nSPS) is 10.4. The first-order chi connectivity index (χ1) is 10.1. The van der Waals surface area contributed by atoms with E-state index < -0.39 is 0 Å². The van der Waals surface area contributed by atoms with Gasteiger partial charge in [-0.05, 0) is 49.4 Å². The number of hydrogen-bond acceptors (Lipinski definition) is 4. The Bertz CT molecular complexity index is 622. The molecule has 0 aliphatic carbocycles. The van der Waals surface area contributed by atoms with Crippen molar-refractivity contribution >= 4 is 23.1 Å². The third-order valence-electron chi connectivity index (χ3n) is 3.15. The van der Waals surface area contributed by atoms with E-state index in [2.05, 4.69) is 35.5 Å². The maximum atomic E-state index is 12.3. The molecule has 1 amide bonds. The van der Waals surface area contributed by atoms with Crippen molar-refractivity contribution in [2.75, 3.05) is 11.9 Å². The third-order valence-corrected chi connectivity index (χ3v) is 4.17. The Hall–Kier alpha value is -1.88. The molecular formula is C16H21N3OS. The summed E-state index contributed by atoms with van der Waals surface area (Å²) in [5.74, 6) is 0.696. The van der Waals surface area contributed by atoms with E-state index in [4.69, 9.17) is 0 Å². The molecule has 0 aromatic carbocycles. The fourth-order valence-electron chi connectivity index (χ4n) is 1.99. The first-order valence-electron chi connectivity index (χ1n) is 7.14. The Morgan fingerprint density at radius 2 is 2.14 bits per heavy atom. The highest BCUT2D eigenvalue weighted by Crippen LogP contribution is 2.15. The number of pyridine rings is 1. The van der Waals surface area contributed by atoms with Gasteiger partial charge in [0.05, 0.1) is 6.54 Å². The van der Waals surface area contributed by atoms with Gasteiger partial charge in [-0.3, -0.25) is 4.79 Å². The second kappa shape index (κ2) is 7.22. The Morgan fingerprint density at radius 3 is 2.81 bits per heavy atom. The zero-order chi connectivity index (χ0) is 15.2. The van der Waals surface area contributed by atoms with Crippen LogP contribution in [0.1, 0.15) is 39.8 Å². The van der Waals surface area contributed by atoms with Gasteiger partial charge in [0.15, 0.2) is 0 Å². The van der Waals surface area contributed by atoms with E-state index >= 15 is 0 Å². The standard InChI is InChI=1S/C16H21N3OS/c1-4-6-17-15-9-13(8-12(3)19-15)16(20)18-10-14-11(2)5-7-21-14/h5,7-9H,4,6,10H2,1-3H3,(H,17,19)(H,18,20). The molecule has 2 aromatic heterocycles. The number of rotatable bonds is 6. The lowest BCUT2D eigenvalue weighted by molar-refractivity contribution is 0.0951. The molecule has 0 unspecified atom stereocenters. The van der Waals surface area contributed by atoms with Crippen LogP contribution < -0.4 is 10.6 Å². The fraction of sp³-hybridized carbons (Fsp3) is 0.375. The minimum atomic E-state index is -0.0622. The Morgan fingerprint density at radius 1 is 1.33 bits per heavy atom. The van der Waals surface area contributed by atoms with Crippen LogP contribution in [0.5, 0.6) is 0 Å². The highest BCUT2D eigenvalue weighted by Gasteiger charge is 2.09. The number of carbonyl (C=O) groups excluding carboxylic acids is 1. The molecule has 0 atom stereocenters. The number of thiophene rings is 1.